The minimum atomic E-state index is 0.541. The summed E-state index contributed by atoms with van der Waals surface area (Å²) in [6.07, 6.45) is 0. The van der Waals surface area contributed by atoms with Gasteiger partial charge in [-0.15, -0.1) is 0 Å². The molecule has 0 aliphatic heterocycles. The Bertz CT molecular complexity index is 4610. The Balaban J connectivity index is 1.01. The van der Waals surface area contributed by atoms with Crippen molar-refractivity contribution in [3.8, 4) is 67.8 Å². The van der Waals surface area contributed by atoms with Crippen LogP contribution < -0.4 is 0 Å². The summed E-state index contributed by atoms with van der Waals surface area (Å²) in [6, 6.07) is 93.6. The smallest absolute Gasteiger partial charge is 0.238 e. The van der Waals surface area contributed by atoms with E-state index in [9.17, 15) is 0 Å². The minimum Gasteiger partial charge on any atom is -0.309 e. The number of para-hydroxylation sites is 2. The van der Waals surface area contributed by atoms with E-state index in [1.807, 2.05) is 0 Å². The maximum atomic E-state index is 5.55. The summed E-state index contributed by atoms with van der Waals surface area (Å²) in [6.45, 7) is 0. The molecule has 15 rings (SSSR count). The maximum Gasteiger partial charge on any atom is 0.238 e. The van der Waals surface area contributed by atoms with Gasteiger partial charge in [0, 0.05) is 38.4 Å². The zero-order valence-electron chi connectivity index (χ0n) is 40.1. The zero-order chi connectivity index (χ0) is 48.7. The molecule has 0 atom stereocenters. The first-order valence-electron chi connectivity index (χ1n) is 25.2. The number of aromatic nitrogens is 5. The molecule has 0 bridgehead atoms. The first-order chi connectivity index (χ1) is 36.7. The summed E-state index contributed by atoms with van der Waals surface area (Å²) in [4.78, 5) is 16.4. The summed E-state index contributed by atoms with van der Waals surface area (Å²) in [5.41, 5.74) is 13.8. The van der Waals surface area contributed by atoms with Crippen molar-refractivity contribution in [2.24, 2.45) is 0 Å². The minimum absolute atomic E-state index is 0.541. The number of hydrogen-bond acceptors (Lipinski definition) is 3. The third-order valence-electron chi connectivity index (χ3n) is 14.9. The van der Waals surface area contributed by atoms with Crippen LogP contribution in [0.25, 0.3) is 144 Å². The number of benzene rings is 12. The van der Waals surface area contributed by atoms with Crippen LogP contribution in [0.15, 0.2) is 261 Å². The van der Waals surface area contributed by atoms with Gasteiger partial charge in [0.25, 0.3) is 0 Å². The lowest BCUT2D eigenvalue weighted by Crippen LogP contribution is -2.06. The second-order valence-electron chi connectivity index (χ2n) is 19.2. The van der Waals surface area contributed by atoms with Crippen LogP contribution in [-0.4, -0.2) is 24.1 Å². The van der Waals surface area contributed by atoms with Crippen LogP contribution in [0.4, 0.5) is 0 Å². The molecule has 0 aliphatic rings. The predicted octanol–water partition coefficient (Wildman–Crippen LogP) is 17.9. The molecule has 5 heteroatoms. The van der Waals surface area contributed by atoms with Crippen molar-refractivity contribution < 1.29 is 0 Å². The van der Waals surface area contributed by atoms with Crippen LogP contribution in [0.2, 0.25) is 0 Å². The van der Waals surface area contributed by atoms with Crippen LogP contribution in [0.1, 0.15) is 0 Å². The predicted molar refractivity (Wildman–Crippen MR) is 308 cm³/mol. The molecule has 0 radical (unpaired) electrons. The molecule has 0 fully saturated rings. The molecule has 3 heterocycles. The van der Waals surface area contributed by atoms with Crippen LogP contribution in [0, 0.1) is 0 Å². The largest absolute Gasteiger partial charge is 0.309 e. The highest BCUT2D eigenvalue weighted by Gasteiger charge is 2.23. The molecule has 0 saturated heterocycles. The highest BCUT2D eigenvalue weighted by atomic mass is 15.2. The Morgan fingerprint density at radius 3 is 1.19 bits per heavy atom. The molecule has 74 heavy (non-hydrogen) atoms. The van der Waals surface area contributed by atoms with Gasteiger partial charge in [0.1, 0.15) is 0 Å². The standard InChI is InChI=1S/C69H43N5/c1-4-19-44(20-5-1)47-25-18-26-48(37-47)67-70-68(51-39-49(45-21-6-2-7-22-45)38-50(40-51)46-23-8-3-9-24-46)72-69(71-67)74-64-34-17-15-32-59(64)62-42-61-58-31-14-16-33-63(58)73(65(61)43-66(62)74)52-35-36-57-55-29-11-10-27-53(55)54-28-12-13-30-56(54)60(57)41-52/h1-43H. The van der Waals surface area contributed by atoms with E-state index in [2.05, 4.69) is 270 Å². The van der Waals surface area contributed by atoms with Crippen molar-refractivity contribution in [3.05, 3.63) is 261 Å². The van der Waals surface area contributed by atoms with E-state index in [0.29, 0.717) is 17.6 Å². The summed E-state index contributed by atoms with van der Waals surface area (Å²) < 4.78 is 4.69. The third kappa shape index (κ3) is 6.75. The Morgan fingerprint density at radius 1 is 0.203 bits per heavy atom. The molecule has 344 valence electrons. The summed E-state index contributed by atoms with van der Waals surface area (Å²) >= 11 is 0. The second-order valence-corrected chi connectivity index (χ2v) is 19.2. The van der Waals surface area contributed by atoms with E-state index >= 15 is 0 Å². The molecule has 0 unspecified atom stereocenters. The van der Waals surface area contributed by atoms with Crippen LogP contribution >= 0.6 is 0 Å². The number of rotatable bonds is 7. The van der Waals surface area contributed by atoms with E-state index in [1.54, 1.807) is 0 Å². The van der Waals surface area contributed by atoms with Gasteiger partial charge >= 0.3 is 0 Å². The van der Waals surface area contributed by atoms with Gasteiger partial charge in [0.15, 0.2) is 11.6 Å². The molecule has 15 aromatic rings. The fourth-order valence-electron chi connectivity index (χ4n) is 11.5. The van der Waals surface area contributed by atoms with E-state index in [0.717, 1.165) is 83.0 Å². The van der Waals surface area contributed by atoms with Crippen molar-refractivity contribution in [3.63, 3.8) is 0 Å². The van der Waals surface area contributed by atoms with E-state index in [1.165, 1.54) is 43.1 Å². The van der Waals surface area contributed by atoms with Crippen molar-refractivity contribution >= 4 is 75.9 Å². The van der Waals surface area contributed by atoms with Gasteiger partial charge < -0.3 is 4.57 Å². The van der Waals surface area contributed by atoms with E-state index in [4.69, 9.17) is 15.0 Å². The van der Waals surface area contributed by atoms with Gasteiger partial charge in [-0.25, -0.2) is 4.98 Å². The summed E-state index contributed by atoms with van der Waals surface area (Å²) in [5.74, 6) is 1.71. The van der Waals surface area contributed by atoms with Gasteiger partial charge in [-0.05, 0) is 126 Å². The molecule has 0 N–H and O–H groups in total. The first-order valence-corrected chi connectivity index (χ1v) is 25.2. The molecular weight excluding hydrogens is 899 g/mol. The fraction of sp³-hybridized carbons (Fsp3) is 0. The molecule has 12 aromatic carbocycles. The topological polar surface area (TPSA) is 48.5 Å². The zero-order valence-corrected chi connectivity index (χ0v) is 40.1. The van der Waals surface area contributed by atoms with Gasteiger partial charge in [-0.3, -0.25) is 4.57 Å². The van der Waals surface area contributed by atoms with Crippen molar-refractivity contribution in [2.45, 2.75) is 0 Å². The molecule has 0 aliphatic carbocycles. The second kappa shape index (κ2) is 16.8. The normalized spacial score (nSPS) is 11.8. The quantitative estimate of drug-likeness (QED) is 0.150. The van der Waals surface area contributed by atoms with Gasteiger partial charge in [-0.1, -0.05) is 200 Å². The fourth-order valence-corrected chi connectivity index (χ4v) is 11.5. The van der Waals surface area contributed by atoms with Crippen molar-refractivity contribution in [2.75, 3.05) is 0 Å². The lowest BCUT2D eigenvalue weighted by molar-refractivity contribution is 0.953. The molecule has 3 aromatic heterocycles. The Kier molecular flexibility index (Phi) is 9.50. The van der Waals surface area contributed by atoms with Gasteiger partial charge in [0.05, 0.1) is 22.1 Å². The first kappa shape index (κ1) is 41.8. The van der Waals surface area contributed by atoms with Crippen LogP contribution in [0.3, 0.4) is 0 Å². The third-order valence-corrected chi connectivity index (χ3v) is 14.9. The number of nitrogens with zero attached hydrogens (tertiary/aromatic N) is 5. The van der Waals surface area contributed by atoms with E-state index < -0.39 is 0 Å². The Morgan fingerprint density at radius 2 is 0.608 bits per heavy atom. The Labute approximate surface area is 426 Å². The molecule has 0 amide bonds. The number of hydrogen-bond donors (Lipinski definition) is 0. The monoisotopic (exact) mass is 941 g/mol. The lowest BCUT2D eigenvalue weighted by Gasteiger charge is -2.14. The molecule has 0 saturated carbocycles. The van der Waals surface area contributed by atoms with Crippen molar-refractivity contribution in [1.82, 2.24) is 24.1 Å². The molecule has 0 spiro atoms. The maximum absolute atomic E-state index is 5.55. The molecule has 5 nitrogen and oxygen atoms in total. The highest BCUT2D eigenvalue weighted by Crippen LogP contribution is 2.42. The Hall–Kier alpha value is -9.97. The summed E-state index contributed by atoms with van der Waals surface area (Å²) in [5, 5.41) is 12.1. The highest BCUT2D eigenvalue weighted by molar-refractivity contribution is 6.26. The average Bonchev–Trinajstić information content (AvgIpc) is 4.02. The van der Waals surface area contributed by atoms with Gasteiger partial charge in [0.2, 0.25) is 5.95 Å². The average molecular weight is 942 g/mol. The van der Waals surface area contributed by atoms with Crippen LogP contribution in [0.5, 0.6) is 0 Å². The van der Waals surface area contributed by atoms with Crippen LogP contribution in [-0.2, 0) is 0 Å². The number of fused-ring (bicyclic) bond motifs is 12. The van der Waals surface area contributed by atoms with E-state index in [-0.39, 0.29) is 0 Å². The lowest BCUT2D eigenvalue weighted by atomic mass is 9.94. The molecular formula is C69H43N5. The summed E-state index contributed by atoms with van der Waals surface area (Å²) in [7, 11) is 0. The van der Waals surface area contributed by atoms with Gasteiger partial charge in [-0.2, -0.15) is 9.97 Å². The SMILES string of the molecule is c1ccc(-c2cccc(-c3nc(-c4cc(-c5ccccc5)cc(-c5ccccc5)c4)nc(-n4c5ccccc5c5cc6c7ccccc7n(-c7ccc8c9ccccc9c9ccccc9c8c7)c6cc54)n3)c2)cc1. The van der Waals surface area contributed by atoms with Crippen molar-refractivity contribution in [1.29, 1.82) is 0 Å².